The Kier molecular flexibility index (Phi) is 6.51. The van der Waals surface area contributed by atoms with Crippen LogP contribution in [0.2, 0.25) is 0 Å². The second-order valence-corrected chi connectivity index (χ2v) is 8.52. The van der Waals surface area contributed by atoms with Gasteiger partial charge in [-0.1, -0.05) is 30.3 Å². The molecule has 4 rings (SSSR count). The molecule has 0 amide bonds. The fourth-order valence-corrected chi connectivity index (χ4v) is 4.12. The molecule has 0 aliphatic heterocycles. The minimum absolute atomic E-state index is 0.0458. The van der Waals surface area contributed by atoms with E-state index < -0.39 is 5.97 Å². The van der Waals surface area contributed by atoms with Gasteiger partial charge in [0, 0.05) is 24.9 Å². The molecule has 1 fully saturated rings. The quantitative estimate of drug-likeness (QED) is 0.565. The van der Waals surface area contributed by atoms with E-state index in [1.165, 1.54) is 5.56 Å². The van der Waals surface area contributed by atoms with Crippen LogP contribution < -0.4 is 4.74 Å². The van der Waals surface area contributed by atoms with Gasteiger partial charge in [-0.15, -0.1) is 0 Å². The van der Waals surface area contributed by atoms with E-state index in [4.69, 9.17) is 9.47 Å². The number of imidazole rings is 1. The van der Waals surface area contributed by atoms with Crippen LogP contribution in [0.5, 0.6) is 5.88 Å². The van der Waals surface area contributed by atoms with Gasteiger partial charge in [0.25, 0.3) is 0 Å². The molecule has 7 heteroatoms. The van der Waals surface area contributed by atoms with Gasteiger partial charge in [0.2, 0.25) is 11.7 Å². The molecule has 31 heavy (non-hydrogen) atoms. The summed E-state index contributed by atoms with van der Waals surface area (Å²) in [5.41, 5.74) is 2.22. The van der Waals surface area contributed by atoms with Crippen LogP contribution in [-0.4, -0.2) is 38.2 Å². The number of aromatic carboxylic acids is 1. The molecule has 0 saturated heterocycles. The number of carboxylic acid groups (broad SMARTS) is 1. The summed E-state index contributed by atoms with van der Waals surface area (Å²) in [4.78, 5) is 20.6. The van der Waals surface area contributed by atoms with Crippen LogP contribution in [0.4, 0.5) is 0 Å². The number of ether oxygens (including phenoxy) is 2. The van der Waals surface area contributed by atoms with Gasteiger partial charge in [0.1, 0.15) is 5.56 Å². The number of benzene rings is 1. The van der Waals surface area contributed by atoms with Gasteiger partial charge in [-0.05, 0) is 51.0 Å². The van der Waals surface area contributed by atoms with Gasteiger partial charge in [-0.25, -0.2) is 9.78 Å². The van der Waals surface area contributed by atoms with Gasteiger partial charge in [0.15, 0.2) is 0 Å². The van der Waals surface area contributed by atoms with Gasteiger partial charge in [-0.3, -0.25) is 4.40 Å². The molecule has 0 atom stereocenters. The summed E-state index contributed by atoms with van der Waals surface area (Å²) in [5, 5.41) is 9.50. The normalized spacial score (nSPS) is 19.1. The Bertz CT molecular complexity index is 1020. The lowest BCUT2D eigenvalue weighted by atomic mass is 9.81. The van der Waals surface area contributed by atoms with E-state index in [0.29, 0.717) is 24.2 Å². The SMILES string of the molecule is CC(C)Oc1nc2nc([C@H]3CC[C@H](COCc4ccccc4)CC3)cn2cc1C(=O)O. The summed E-state index contributed by atoms with van der Waals surface area (Å²) in [7, 11) is 0. The van der Waals surface area contributed by atoms with Crippen molar-refractivity contribution in [3.05, 3.63) is 59.5 Å². The van der Waals surface area contributed by atoms with Crippen LogP contribution in [0.25, 0.3) is 5.78 Å². The summed E-state index contributed by atoms with van der Waals surface area (Å²) in [5.74, 6) is 0.460. The fraction of sp³-hybridized carbons (Fsp3) is 0.458. The zero-order valence-corrected chi connectivity index (χ0v) is 18.0. The molecule has 3 aromatic rings. The van der Waals surface area contributed by atoms with Crippen LogP contribution in [0.3, 0.4) is 0 Å². The average Bonchev–Trinajstić information content (AvgIpc) is 3.17. The third-order valence-electron chi connectivity index (χ3n) is 5.74. The Balaban J connectivity index is 1.37. The van der Waals surface area contributed by atoms with Crippen LogP contribution in [0.1, 0.15) is 67.1 Å². The van der Waals surface area contributed by atoms with Crippen LogP contribution >= 0.6 is 0 Å². The fourth-order valence-electron chi connectivity index (χ4n) is 4.12. The van der Waals surface area contributed by atoms with Crippen molar-refractivity contribution in [2.75, 3.05) is 6.61 Å². The molecule has 1 aromatic carbocycles. The first-order valence-corrected chi connectivity index (χ1v) is 10.9. The molecule has 1 N–H and O–H groups in total. The van der Waals surface area contributed by atoms with E-state index in [2.05, 4.69) is 22.1 Å². The van der Waals surface area contributed by atoms with E-state index >= 15 is 0 Å². The van der Waals surface area contributed by atoms with E-state index in [0.717, 1.165) is 38.0 Å². The predicted octanol–water partition coefficient (Wildman–Crippen LogP) is 4.71. The average molecular weight is 424 g/mol. The highest BCUT2D eigenvalue weighted by Gasteiger charge is 2.25. The van der Waals surface area contributed by atoms with Crippen LogP contribution in [0, 0.1) is 5.92 Å². The smallest absolute Gasteiger partial charge is 0.342 e. The Morgan fingerprint density at radius 1 is 1.13 bits per heavy atom. The summed E-state index contributed by atoms with van der Waals surface area (Å²) in [6, 6.07) is 10.2. The van der Waals surface area contributed by atoms with Crippen molar-refractivity contribution < 1.29 is 19.4 Å². The zero-order chi connectivity index (χ0) is 21.8. The maximum absolute atomic E-state index is 11.6. The molecule has 2 aromatic heterocycles. The third kappa shape index (κ3) is 5.22. The number of rotatable bonds is 8. The van der Waals surface area contributed by atoms with Crippen molar-refractivity contribution in [2.45, 2.75) is 58.2 Å². The highest BCUT2D eigenvalue weighted by atomic mass is 16.5. The summed E-state index contributed by atoms with van der Waals surface area (Å²) < 4.78 is 13.2. The number of nitrogens with zero attached hydrogens (tertiary/aromatic N) is 3. The number of hydrogen-bond donors (Lipinski definition) is 1. The molecule has 1 aliphatic carbocycles. The number of carbonyl (C=O) groups is 1. The van der Waals surface area contributed by atoms with E-state index in [1.54, 1.807) is 10.6 Å². The van der Waals surface area contributed by atoms with Crippen LogP contribution in [0.15, 0.2) is 42.7 Å². The van der Waals surface area contributed by atoms with E-state index in [-0.39, 0.29) is 17.5 Å². The van der Waals surface area contributed by atoms with Crippen LogP contribution in [-0.2, 0) is 11.3 Å². The van der Waals surface area contributed by atoms with Crippen molar-refractivity contribution in [2.24, 2.45) is 5.92 Å². The van der Waals surface area contributed by atoms with Gasteiger partial charge in [0.05, 0.1) is 18.4 Å². The number of fused-ring (bicyclic) bond motifs is 1. The Morgan fingerprint density at radius 2 is 1.87 bits per heavy atom. The molecule has 1 aliphatic rings. The largest absolute Gasteiger partial charge is 0.477 e. The highest BCUT2D eigenvalue weighted by molar-refractivity contribution is 5.90. The Labute approximate surface area is 182 Å². The van der Waals surface area contributed by atoms with Crippen molar-refractivity contribution in [3.63, 3.8) is 0 Å². The summed E-state index contributed by atoms with van der Waals surface area (Å²) in [6.45, 7) is 5.13. The molecule has 0 bridgehead atoms. The molecule has 0 unspecified atom stereocenters. The predicted molar refractivity (Wildman–Crippen MR) is 117 cm³/mol. The lowest BCUT2D eigenvalue weighted by Gasteiger charge is -2.27. The summed E-state index contributed by atoms with van der Waals surface area (Å²) in [6.07, 6.45) is 7.58. The first-order valence-electron chi connectivity index (χ1n) is 10.9. The second-order valence-electron chi connectivity index (χ2n) is 8.52. The highest BCUT2D eigenvalue weighted by Crippen LogP contribution is 2.35. The molecule has 2 heterocycles. The lowest BCUT2D eigenvalue weighted by Crippen LogP contribution is -2.18. The van der Waals surface area contributed by atoms with E-state index in [1.807, 2.05) is 38.2 Å². The van der Waals surface area contributed by atoms with Crippen molar-refractivity contribution >= 4 is 11.7 Å². The summed E-state index contributed by atoms with van der Waals surface area (Å²) >= 11 is 0. The topological polar surface area (TPSA) is 86.0 Å². The molecule has 1 saturated carbocycles. The van der Waals surface area contributed by atoms with Crippen molar-refractivity contribution in [1.82, 2.24) is 14.4 Å². The lowest BCUT2D eigenvalue weighted by molar-refractivity contribution is 0.0688. The molecule has 164 valence electrons. The molecular formula is C24H29N3O4. The number of aromatic nitrogens is 3. The minimum Gasteiger partial charge on any atom is -0.477 e. The molecule has 0 radical (unpaired) electrons. The van der Waals surface area contributed by atoms with Gasteiger partial charge >= 0.3 is 5.97 Å². The maximum atomic E-state index is 11.6. The zero-order valence-electron chi connectivity index (χ0n) is 18.0. The standard InChI is InChI=1S/C24H29N3O4/c1-16(2)31-22-20(23(28)29)12-27-13-21(25-24(27)26-22)19-10-8-18(9-11-19)15-30-14-17-6-4-3-5-7-17/h3-7,12-13,16,18-19H,8-11,14-15H2,1-2H3,(H,28,29)/t18-,19-. The minimum atomic E-state index is -1.06. The number of carboxylic acids is 1. The number of hydrogen-bond acceptors (Lipinski definition) is 5. The third-order valence-corrected chi connectivity index (χ3v) is 5.74. The van der Waals surface area contributed by atoms with E-state index in [9.17, 15) is 9.90 Å². The molecular weight excluding hydrogens is 394 g/mol. The van der Waals surface area contributed by atoms with Gasteiger partial charge < -0.3 is 14.6 Å². The monoisotopic (exact) mass is 423 g/mol. The Hall–Kier alpha value is -2.93. The first kappa shape index (κ1) is 21.3. The van der Waals surface area contributed by atoms with Crippen molar-refractivity contribution in [1.29, 1.82) is 0 Å². The molecule has 7 nitrogen and oxygen atoms in total. The second kappa shape index (κ2) is 9.47. The first-order chi connectivity index (χ1) is 15.0. The maximum Gasteiger partial charge on any atom is 0.342 e. The van der Waals surface area contributed by atoms with Crippen molar-refractivity contribution in [3.8, 4) is 5.88 Å². The molecule has 0 spiro atoms. The van der Waals surface area contributed by atoms with Gasteiger partial charge in [-0.2, -0.15) is 4.98 Å². The Morgan fingerprint density at radius 3 is 2.55 bits per heavy atom.